The summed E-state index contributed by atoms with van der Waals surface area (Å²) in [7, 11) is 0. The van der Waals surface area contributed by atoms with Gasteiger partial charge in [-0.25, -0.2) is 0 Å². The summed E-state index contributed by atoms with van der Waals surface area (Å²) in [4.78, 5) is 0. The van der Waals surface area contributed by atoms with Crippen molar-refractivity contribution >= 4 is 10.8 Å². The van der Waals surface area contributed by atoms with Gasteiger partial charge in [0.1, 0.15) is 0 Å². The first-order valence-electron chi connectivity index (χ1n) is 7.48. The number of aliphatic hydroxyl groups is 1. The van der Waals surface area contributed by atoms with Gasteiger partial charge >= 0.3 is 0 Å². The second-order valence-corrected chi connectivity index (χ2v) is 6.35. The normalized spacial score (nSPS) is 30.9. The summed E-state index contributed by atoms with van der Waals surface area (Å²) in [6.07, 6.45) is 5.03. The van der Waals surface area contributed by atoms with Crippen LogP contribution in [0.4, 0.5) is 0 Å². The quantitative estimate of drug-likeness (QED) is 0.844. The highest BCUT2D eigenvalue weighted by Crippen LogP contribution is 2.53. The summed E-state index contributed by atoms with van der Waals surface area (Å²) >= 11 is 0. The van der Waals surface area contributed by atoms with E-state index in [1.54, 1.807) is 0 Å². The first-order valence-corrected chi connectivity index (χ1v) is 7.48. The maximum Gasteiger partial charge on any atom is 0.0826 e. The number of fused-ring (bicyclic) bond motifs is 3. The van der Waals surface area contributed by atoms with E-state index in [-0.39, 0.29) is 6.10 Å². The highest BCUT2D eigenvalue weighted by atomic mass is 16.3. The van der Waals surface area contributed by atoms with Gasteiger partial charge in [0.05, 0.1) is 6.10 Å². The van der Waals surface area contributed by atoms with Crippen molar-refractivity contribution in [3.63, 3.8) is 0 Å². The van der Waals surface area contributed by atoms with Crippen LogP contribution in [-0.2, 0) is 0 Å². The number of hydrogen-bond acceptors (Lipinski definition) is 1. The average molecular weight is 252 g/mol. The summed E-state index contributed by atoms with van der Waals surface area (Å²) in [5, 5.41) is 13.3. The van der Waals surface area contributed by atoms with E-state index in [9.17, 15) is 5.11 Å². The molecule has 1 nitrogen and oxygen atoms in total. The fourth-order valence-electron chi connectivity index (χ4n) is 4.42. The van der Waals surface area contributed by atoms with Crippen LogP contribution in [0.2, 0.25) is 0 Å². The van der Waals surface area contributed by atoms with Crippen LogP contribution in [0.15, 0.2) is 42.5 Å². The van der Waals surface area contributed by atoms with Gasteiger partial charge in [0.25, 0.3) is 0 Å². The predicted molar refractivity (Wildman–Crippen MR) is 77.8 cm³/mol. The molecule has 0 aromatic heterocycles. The summed E-state index contributed by atoms with van der Waals surface area (Å²) < 4.78 is 0. The molecule has 2 aromatic carbocycles. The second-order valence-electron chi connectivity index (χ2n) is 6.35. The van der Waals surface area contributed by atoms with Crippen molar-refractivity contribution in [2.24, 2.45) is 17.8 Å². The monoisotopic (exact) mass is 252 g/mol. The highest BCUT2D eigenvalue weighted by molar-refractivity contribution is 5.86. The molecule has 4 unspecified atom stereocenters. The molecule has 2 bridgehead atoms. The van der Waals surface area contributed by atoms with Gasteiger partial charge in [-0.05, 0) is 53.4 Å². The maximum atomic E-state index is 10.8. The molecule has 0 heterocycles. The Morgan fingerprint density at radius 1 is 0.947 bits per heavy atom. The van der Waals surface area contributed by atoms with Crippen molar-refractivity contribution in [1.82, 2.24) is 0 Å². The zero-order chi connectivity index (χ0) is 12.8. The second kappa shape index (κ2) is 4.35. The molecule has 2 fully saturated rings. The van der Waals surface area contributed by atoms with Crippen molar-refractivity contribution in [3.05, 3.63) is 48.0 Å². The Bertz CT molecular complexity index is 598. The first-order chi connectivity index (χ1) is 9.33. The van der Waals surface area contributed by atoms with E-state index in [0.29, 0.717) is 5.92 Å². The lowest BCUT2D eigenvalue weighted by atomic mass is 9.81. The van der Waals surface area contributed by atoms with Gasteiger partial charge in [0.15, 0.2) is 0 Å². The molecule has 4 atom stereocenters. The Kier molecular flexibility index (Phi) is 2.63. The Morgan fingerprint density at radius 3 is 2.58 bits per heavy atom. The van der Waals surface area contributed by atoms with Gasteiger partial charge in [-0.3, -0.25) is 0 Å². The predicted octanol–water partition coefficient (Wildman–Crippen LogP) is 4.31. The Morgan fingerprint density at radius 2 is 1.79 bits per heavy atom. The molecule has 98 valence electrons. The van der Waals surface area contributed by atoms with E-state index in [4.69, 9.17) is 0 Å². The molecular weight excluding hydrogens is 232 g/mol. The summed E-state index contributed by atoms with van der Waals surface area (Å²) in [5.41, 5.74) is 1.13. The average Bonchev–Trinajstić information content (AvgIpc) is 3.08. The third kappa shape index (κ3) is 1.80. The SMILES string of the molecule is OC(c1cccc2ccccc12)C1CC2CCC1C2. The van der Waals surface area contributed by atoms with Crippen LogP contribution < -0.4 is 0 Å². The van der Waals surface area contributed by atoms with Crippen LogP contribution in [0.3, 0.4) is 0 Å². The van der Waals surface area contributed by atoms with Crippen LogP contribution in [0.5, 0.6) is 0 Å². The fourth-order valence-corrected chi connectivity index (χ4v) is 4.42. The van der Waals surface area contributed by atoms with E-state index in [1.165, 1.54) is 36.5 Å². The molecule has 1 N–H and O–H groups in total. The van der Waals surface area contributed by atoms with Gasteiger partial charge < -0.3 is 5.11 Å². The van der Waals surface area contributed by atoms with Gasteiger partial charge in [-0.15, -0.1) is 0 Å². The fraction of sp³-hybridized carbons (Fsp3) is 0.444. The van der Waals surface area contributed by atoms with Crippen molar-refractivity contribution < 1.29 is 5.11 Å². The van der Waals surface area contributed by atoms with Crippen LogP contribution in [-0.4, -0.2) is 5.11 Å². The molecule has 2 aliphatic rings. The maximum absolute atomic E-state index is 10.8. The number of aliphatic hydroxyl groups excluding tert-OH is 1. The first kappa shape index (κ1) is 11.5. The van der Waals surface area contributed by atoms with Crippen LogP contribution in [0, 0.1) is 17.8 Å². The Hall–Kier alpha value is -1.34. The zero-order valence-electron chi connectivity index (χ0n) is 11.1. The van der Waals surface area contributed by atoms with Gasteiger partial charge in [-0.1, -0.05) is 48.9 Å². The third-order valence-corrected chi connectivity index (χ3v) is 5.34. The van der Waals surface area contributed by atoms with E-state index in [1.807, 2.05) is 0 Å². The lowest BCUT2D eigenvalue weighted by Gasteiger charge is -2.27. The van der Waals surface area contributed by atoms with Gasteiger partial charge in [0.2, 0.25) is 0 Å². The minimum atomic E-state index is -0.276. The van der Waals surface area contributed by atoms with Crippen LogP contribution in [0.1, 0.15) is 37.4 Å². The van der Waals surface area contributed by atoms with Crippen molar-refractivity contribution in [2.45, 2.75) is 31.8 Å². The van der Waals surface area contributed by atoms with E-state index in [0.717, 1.165) is 17.4 Å². The van der Waals surface area contributed by atoms with Crippen molar-refractivity contribution in [2.75, 3.05) is 0 Å². The van der Waals surface area contributed by atoms with Crippen LogP contribution in [0.25, 0.3) is 10.8 Å². The molecule has 4 rings (SSSR count). The van der Waals surface area contributed by atoms with Gasteiger partial charge in [-0.2, -0.15) is 0 Å². The Balaban J connectivity index is 1.74. The molecule has 0 saturated heterocycles. The lowest BCUT2D eigenvalue weighted by Crippen LogP contribution is -2.19. The molecule has 2 aromatic rings. The zero-order valence-corrected chi connectivity index (χ0v) is 11.1. The summed E-state index contributed by atoms with van der Waals surface area (Å²) in [6, 6.07) is 14.7. The highest BCUT2D eigenvalue weighted by Gasteiger charge is 2.43. The molecule has 0 aliphatic heterocycles. The van der Waals surface area contributed by atoms with Gasteiger partial charge in [0, 0.05) is 0 Å². The van der Waals surface area contributed by atoms with E-state index in [2.05, 4.69) is 42.5 Å². The summed E-state index contributed by atoms with van der Waals surface area (Å²) in [5.74, 6) is 2.14. The minimum Gasteiger partial charge on any atom is -0.388 e. The molecule has 19 heavy (non-hydrogen) atoms. The molecule has 2 aliphatic carbocycles. The lowest BCUT2D eigenvalue weighted by molar-refractivity contribution is 0.0757. The van der Waals surface area contributed by atoms with E-state index < -0.39 is 0 Å². The smallest absolute Gasteiger partial charge is 0.0826 e. The van der Waals surface area contributed by atoms with E-state index >= 15 is 0 Å². The number of hydrogen-bond donors (Lipinski definition) is 1. The Labute approximate surface area is 114 Å². The molecule has 0 radical (unpaired) electrons. The third-order valence-electron chi connectivity index (χ3n) is 5.34. The summed E-state index contributed by atoms with van der Waals surface area (Å²) in [6.45, 7) is 0. The minimum absolute atomic E-state index is 0.276. The standard InChI is InChI=1S/C18H20O/c19-18(17-11-12-8-9-14(17)10-12)16-7-3-5-13-4-1-2-6-15(13)16/h1-7,12,14,17-19H,8-11H2. The topological polar surface area (TPSA) is 20.2 Å². The molecular formula is C18H20O. The molecule has 2 saturated carbocycles. The number of benzene rings is 2. The van der Waals surface area contributed by atoms with Crippen molar-refractivity contribution in [1.29, 1.82) is 0 Å². The number of rotatable bonds is 2. The molecule has 1 heteroatoms. The van der Waals surface area contributed by atoms with Crippen molar-refractivity contribution in [3.8, 4) is 0 Å². The molecule has 0 spiro atoms. The van der Waals surface area contributed by atoms with Crippen LogP contribution >= 0.6 is 0 Å². The largest absolute Gasteiger partial charge is 0.388 e. The molecule has 0 amide bonds.